The highest BCUT2D eigenvalue weighted by Gasteiger charge is 2.33. The zero-order valence-corrected chi connectivity index (χ0v) is 18.7. The van der Waals surface area contributed by atoms with Gasteiger partial charge in [-0.05, 0) is 55.8 Å². The number of carboxylic acid groups (broad SMARTS) is 1. The molecule has 0 aromatic heterocycles. The van der Waals surface area contributed by atoms with Crippen molar-refractivity contribution < 1.29 is 24.1 Å². The summed E-state index contributed by atoms with van der Waals surface area (Å²) in [5.41, 5.74) is 1.81. The Balaban J connectivity index is 2.11. The number of carboxylic acids is 1. The molecular weight excluding hydrogens is 429 g/mol. The van der Waals surface area contributed by atoms with Gasteiger partial charge in [0.2, 0.25) is 5.75 Å². The van der Waals surface area contributed by atoms with E-state index in [4.69, 9.17) is 37.4 Å². The Labute approximate surface area is 186 Å². The lowest BCUT2D eigenvalue weighted by Gasteiger charge is -2.38. The molecule has 1 aliphatic heterocycles. The van der Waals surface area contributed by atoms with Crippen LogP contribution in [-0.2, 0) is 4.79 Å². The molecule has 1 unspecified atom stereocenters. The number of aliphatic carboxylic acids is 1. The van der Waals surface area contributed by atoms with Gasteiger partial charge >= 0.3 is 5.97 Å². The molecule has 1 aliphatic rings. The maximum absolute atomic E-state index is 11.4. The van der Waals surface area contributed by atoms with Crippen LogP contribution in [0, 0.1) is 5.92 Å². The third-order valence-electron chi connectivity index (χ3n) is 5.53. The summed E-state index contributed by atoms with van der Waals surface area (Å²) in [6, 6.07) is 9.10. The van der Waals surface area contributed by atoms with E-state index < -0.39 is 5.97 Å². The Kier molecular flexibility index (Phi) is 7.34. The van der Waals surface area contributed by atoms with Gasteiger partial charge in [-0.15, -0.1) is 0 Å². The van der Waals surface area contributed by atoms with Crippen LogP contribution < -0.4 is 14.2 Å². The molecule has 0 saturated carbocycles. The van der Waals surface area contributed by atoms with E-state index in [9.17, 15) is 9.90 Å². The maximum Gasteiger partial charge on any atom is 0.306 e. The van der Waals surface area contributed by atoms with E-state index in [-0.39, 0.29) is 12.0 Å². The standard InChI is InChI=1S/C22H25Cl2NO5/c1-28-18-7-5-15(20(29-2)21(18)30-3)19(14-4-6-16(23)17(24)12-14)25-10-8-13(9-11-25)22(26)27/h4-7,12-13,19H,8-11H2,1-3H3,(H,26,27). The summed E-state index contributed by atoms with van der Waals surface area (Å²) in [5.74, 6) is 0.555. The molecule has 2 aromatic carbocycles. The van der Waals surface area contributed by atoms with Crippen molar-refractivity contribution in [3.63, 3.8) is 0 Å². The third-order valence-corrected chi connectivity index (χ3v) is 6.27. The van der Waals surface area contributed by atoms with Crippen LogP contribution in [0.15, 0.2) is 30.3 Å². The molecule has 162 valence electrons. The number of hydrogen-bond acceptors (Lipinski definition) is 5. The quantitative estimate of drug-likeness (QED) is 0.642. The number of piperidine rings is 1. The van der Waals surface area contributed by atoms with Crippen LogP contribution in [0.2, 0.25) is 10.0 Å². The largest absolute Gasteiger partial charge is 0.493 e. The minimum atomic E-state index is -0.746. The van der Waals surface area contributed by atoms with Crippen molar-refractivity contribution in [3.05, 3.63) is 51.5 Å². The monoisotopic (exact) mass is 453 g/mol. The lowest BCUT2D eigenvalue weighted by molar-refractivity contribution is -0.143. The van der Waals surface area contributed by atoms with Crippen molar-refractivity contribution in [2.75, 3.05) is 34.4 Å². The number of likely N-dealkylation sites (tertiary alicyclic amines) is 1. The number of benzene rings is 2. The van der Waals surface area contributed by atoms with Crippen LogP contribution in [0.1, 0.15) is 30.0 Å². The topological polar surface area (TPSA) is 68.2 Å². The van der Waals surface area contributed by atoms with Crippen molar-refractivity contribution >= 4 is 29.2 Å². The molecule has 2 aromatic rings. The fourth-order valence-corrected chi connectivity index (χ4v) is 4.32. The first-order chi connectivity index (χ1) is 14.4. The fourth-order valence-electron chi connectivity index (χ4n) is 4.01. The highest BCUT2D eigenvalue weighted by Crippen LogP contribution is 2.46. The van der Waals surface area contributed by atoms with E-state index in [1.807, 2.05) is 24.3 Å². The number of hydrogen-bond donors (Lipinski definition) is 1. The summed E-state index contributed by atoms with van der Waals surface area (Å²) >= 11 is 12.5. The molecule has 0 bridgehead atoms. The summed E-state index contributed by atoms with van der Waals surface area (Å²) in [7, 11) is 4.73. The van der Waals surface area contributed by atoms with Crippen LogP contribution in [0.25, 0.3) is 0 Å². The van der Waals surface area contributed by atoms with Gasteiger partial charge in [-0.1, -0.05) is 29.3 Å². The third kappa shape index (κ3) is 4.46. The molecule has 0 spiro atoms. The van der Waals surface area contributed by atoms with E-state index >= 15 is 0 Å². The van der Waals surface area contributed by atoms with Gasteiger partial charge in [0.25, 0.3) is 0 Å². The zero-order valence-electron chi connectivity index (χ0n) is 17.2. The molecule has 6 nitrogen and oxygen atoms in total. The Morgan fingerprint density at radius 1 is 1.00 bits per heavy atom. The fraction of sp³-hybridized carbons (Fsp3) is 0.409. The number of ether oxygens (including phenoxy) is 3. The maximum atomic E-state index is 11.4. The molecule has 3 rings (SSSR count). The lowest BCUT2D eigenvalue weighted by atomic mass is 9.90. The van der Waals surface area contributed by atoms with E-state index in [0.717, 1.165) is 11.1 Å². The van der Waals surface area contributed by atoms with Gasteiger partial charge in [-0.3, -0.25) is 9.69 Å². The summed E-state index contributed by atoms with van der Waals surface area (Å²) in [4.78, 5) is 13.6. The van der Waals surface area contributed by atoms with Crippen molar-refractivity contribution in [1.29, 1.82) is 0 Å². The van der Waals surface area contributed by atoms with E-state index in [2.05, 4.69) is 4.90 Å². The molecule has 1 atom stereocenters. The second kappa shape index (κ2) is 9.77. The molecule has 1 saturated heterocycles. The van der Waals surface area contributed by atoms with Gasteiger partial charge in [0.05, 0.1) is 43.3 Å². The van der Waals surface area contributed by atoms with Gasteiger partial charge in [0, 0.05) is 5.56 Å². The van der Waals surface area contributed by atoms with Crippen LogP contribution in [0.4, 0.5) is 0 Å². The Morgan fingerprint density at radius 3 is 2.20 bits per heavy atom. The number of halogens is 2. The van der Waals surface area contributed by atoms with Crippen molar-refractivity contribution in [2.45, 2.75) is 18.9 Å². The predicted octanol–water partition coefficient (Wildman–Crippen LogP) is 4.91. The summed E-state index contributed by atoms with van der Waals surface area (Å²) in [6.45, 7) is 1.25. The SMILES string of the molecule is COc1ccc(C(c2ccc(Cl)c(Cl)c2)N2CCC(C(=O)O)CC2)c(OC)c1OC. The normalized spacial score (nSPS) is 16.2. The summed E-state index contributed by atoms with van der Waals surface area (Å²) in [5, 5.41) is 10.3. The molecule has 0 radical (unpaired) electrons. The summed E-state index contributed by atoms with van der Waals surface area (Å²) < 4.78 is 16.7. The smallest absolute Gasteiger partial charge is 0.306 e. The van der Waals surface area contributed by atoms with Gasteiger partial charge in [-0.25, -0.2) is 0 Å². The molecule has 8 heteroatoms. The van der Waals surface area contributed by atoms with Gasteiger partial charge in [-0.2, -0.15) is 0 Å². The minimum Gasteiger partial charge on any atom is -0.493 e. The molecule has 0 amide bonds. The first kappa shape index (κ1) is 22.5. The average molecular weight is 454 g/mol. The Morgan fingerprint density at radius 2 is 1.67 bits per heavy atom. The summed E-state index contributed by atoms with van der Waals surface area (Å²) in [6.07, 6.45) is 1.14. The molecule has 1 heterocycles. The molecule has 1 N–H and O–H groups in total. The number of nitrogens with zero attached hydrogens (tertiary/aromatic N) is 1. The number of carbonyl (C=O) groups is 1. The van der Waals surface area contributed by atoms with E-state index in [1.165, 1.54) is 0 Å². The first-order valence-corrected chi connectivity index (χ1v) is 10.4. The van der Waals surface area contributed by atoms with Crippen LogP contribution in [0.5, 0.6) is 17.2 Å². The minimum absolute atomic E-state index is 0.218. The molecule has 1 fully saturated rings. The van der Waals surface area contributed by atoms with Crippen LogP contribution in [0.3, 0.4) is 0 Å². The number of rotatable bonds is 7. The van der Waals surface area contributed by atoms with Gasteiger partial charge < -0.3 is 19.3 Å². The average Bonchev–Trinajstić information content (AvgIpc) is 2.76. The Bertz CT molecular complexity index is 913. The second-order valence-corrected chi connectivity index (χ2v) is 7.96. The van der Waals surface area contributed by atoms with E-state index in [1.54, 1.807) is 27.4 Å². The van der Waals surface area contributed by atoms with Crippen molar-refractivity contribution in [1.82, 2.24) is 4.90 Å². The zero-order chi connectivity index (χ0) is 21.8. The van der Waals surface area contributed by atoms with Gasteiger partial charge in [0.15, 0.2) is 11.5 Å². The van der Waals surface area contributed by atoms with Gasteiger partial charge in [0.1, 0.15) is 0 Å². The van der Waals surface area contributed by atoms with Crippen LogP contribution >= 0.6 is 23.2 Å². The molecule has 0 aliphatic carbocycles. The first-order valence-electron chi connectivity index (χ1n) is 9.61. The van der Waals surface area contributed by atoms with E-state index in [0.29, 0.717) is 53.2 Å². The lowest BCUT2D eigenvalue weighted by Crippen LogP contribution is -2.39. The molecular formula is C22H25Cl2NO5. The highest BCUT2D eigenvalue weighted by atomic mass is 35.5. The second-order valence-electron chi connectivity index (χ2n) is 7.15. The van der Waals surface area contributed by atoms with Crippen molar-refractivity contribution in [2.24, 2.45) is 5.92 Å². The highest BCUT2D eigenvalue weighted by molar-refractivity contribution is 6.42. The number of methoxy groups -OCH3 is 3. The predicted molar refractivity (Wildman–Crippen MR) is 116 cm³/mol. The Hall–Kier alpha value is -2.15. The molecule has 30 heavy (non-hydrogen) atoms. The van der Waals surface area contributed by atoms with Crippen LogP contribution in [-0.4, -0.2) is 50.4 Å². The van der Waals surface area contributed by atoms with Crippen molar-refractivity contribution in [3.8, 4) is 17.2 Å².